The fourth-order valence-corrected chi connectivity index (χ4v) is 2.56. The van der Waals surface area contributed by atoms with Crippen LogP contribution in [0.2, 0.25) is 0 Å². The lowest BCUT2D eigenvalue weighted by molar-refractivity contribution is -0.122. The van der Waals surface area contributed by atoms with Crippen LogP contribution in [0.1, 0.15) is 39.5 Å². The summed E-state index contributed by atoms with van der Waals surface area (Å²) in [5.41, 5.74) is 0.0563. The van der Waals surface area contributed by atoms with Crippen molar-refractivity contribution in [1.82, 2.24) is 10.6 Å². The predicted molar refractivity (Wildman–Crippen MR) is 82.7 cm³/mol. The van der Waals surface area contributed by atoms with Crippen LogP contribution >= 0.6 is 11.3 Å². The summed E-state index contributed by atoms with van der Waals surface area (Å²) < 4.78 is 0. The molecule has 0 radical (unpaired) electrons. The van der Waals surface area contributed by atoms with E-state index in [1.165, 1.54) is 4.88 Å². The van der Waals surface area contributed by atoms with Crippen molar-refractivity contribution in [3.8, 4) is 0 Å². The smallest absolute Gasteiger partial charge is 0.236 e. The molecule has 0 aromatic carbocycles. The van der Waals surface area contributed by atoms with Gasteiger partial charge in [-0.1, -0.05) is 33.8 Å². The summed E-state index contributed by atoms with van der Waals surface area (Å²) in [6.45, 7) is 12.0. The van der Waals surface area contributed by atoms with Gasteiger partial charge in [0.05, 0.1) is 6.04 Å². The first-order chi connectivity index (χ1) is 8.83. The molecule has 4 heteroatoms. The third-order valence-electron chi connectivity index (χ3n) is 3.12. The van der Waals surface area contributed by atoms with Crippen molar-refractivity contribution in [2.24, 2.45) is 5.92 Å². The van der Waals surface area contributed by atoms with Gasteiger partial charge in [-0.3, -0.25) is 4.79 Å². The first-order valence-corrected chi connectivity index (χ1v) is 7.76. The monoisotopic (exact) mass is 282 g/mol. The molecule has 0 spiro atoms. The van der Waals surface area contributed by atoms with E-state index in [2.05, 4.69) is 55.8 Å². The lowest BCUT2D eigenvalue weighted by Crippen LogP contribution is -2.46. The van der Waals surface area contributed by atoms with Gasteiger partial charge in [0.2, 0.25) is 5.91 Å². The average Bonchev–Trinajstić information content (AvgIpc) is 2.87. The van der Waals surface area contributed by atoms with E-state index in [9.17, 15) is 4.79 Å². The lowest BCUT2D eigenvalue weighted by atomic mass is 9.91. The topological polar surface area (TPSA) is 41.1 Å². The Morgan fingerprint density at radius 3 is 2.58 bits per heavy atom. The van der Waals surface area contributed by atoms with Gasteiger partial charge in [-0.2, -0.15) is 0 Å². The molecular formula is C15H26N2OS. The van der Waals surface area contributed by atoms with Crippen LogP contribution in [0, 0.1) is 5.92 Å². The highest BCUT2D eigenvalue weighted by atomic mass is 32.1. The number of carbonyl (C=O) groups excluding carboxylic acids is 1. The molecular weight excluding hydrogens is 256 g/mol. The van der Waals surface area contributed by atoms with Crippen LogP contribution in [0.3, 0.4) is 0 Å². The van der Waals surface area contributed by atoms with Crippen molar-refractivity contribution in [2.45, 2.75) is 46.1 Å². The highest BCUT2D eigenvalue weighted by Crippen LogP contribution is 2.26. The molecule has 0 saturated carbocycles. The van der Waals surface area contributed by atoms with Crippen molar-refractivity contribution in [2.75, 3.05) is 13.1 Å². The molecule has 1 heterocycles. The highest BCUT2D eigenvalue weighted by Gasteiger charge is 2.23. The Balaban J connectivity index is 2.41. The second-order valence-corrected chi connectivity index (χ2v) is 7.05. The van der Waals surface area contributed by atoms with Crippen molar-refractivity contribution < 1.29 is 4.79 Å². The number of carbonyl (C=O) groups is 1. The van der Waals surface area contributed by atoms with Crippen molar-refractivity contribution in [1.29, 1.82) is 0 Å². The Morgan fingerprint density at radius 2 is 2.05 bits per heavy atom. The SMILES string of the molecule is CC(C)CNC(=O)C(C)NCC(C)(C)c1cccs1. The summed E-state index contributed by atoms with van der Waals surface area (Å²) in [6.07, 6.45) is 0. The molecule has 0 aliphatic carbocycles. The normalized spacial score (nSPS) is 13.6. The Morgan fingerprint density at radius 1 is 1.37 bits per heavy atom. The van der Waals surface area contributed by atoms with Crippen molar-refractivity contribution in [3.05, 3.63) is 22.4 Å². The zero-order valence-corrected chi connectivity index (χ0v) is 13.4. The molecule has 3 nitrogen and oxygen atoms in total. The van der Waals surface area contributed by atoms with Crippen LogP contribution < -0.4 is 10.6 Å². The molecule has 1 amide bonds. The Bertz CT molecular complexity index is 385. The minimum absolute atomic E-state index is 0.0563. The van der Waals surface area contributed by atoms with Gasteiger partial charge >= 0.3 is 0 Å². The van der Waals surface area contributed by atoms with E-state index in [1.54, 1.807) is 11.3 Å². The minimum atomic E-state index is -0.155. The molecule has 0 aliphatic rings. The third-order valence-corrected chi connectivity index (χ3v) is 4.35. The first kappa shape index (κ1) is 16.2. The van der Waals surface area contributed by atoms with Gasteiger partial charge in [0.15, 0.2) is 0 Å². The van der Waals surface area contributed by atoms with Gasteiger partial charge < -0.3 is 10.6 Å². The van der Waals surface area contributed by atoms with E-state index in [0.29, 0.717) is 5.92 Å². The summed E-state index contributed by atoms with van der Waals surface area (Å²) in [5, 5.41) is 8.38. The largest absolute Gasteiger partial charge is 0.354 e. The molecule has 108 valence electrons. The number of hydrogen-bond acceptors (Lipinski definition) is 3. The molecule has 19 heavy (non-hydrogen) atoms. The van der Waals surface area contributed by atoms with Gasteiger partial charge in [0, 0.05) is 23.4 Å². The van der Waals surface area contributed by atoms with E-state index >= 15 is 0 Å². The maximum atomic E-state index is 11.9. The van der Waals surface area contributed by atoms with E-state index in [-0.39, 0.29) is 17.4 Å². The Labute approximate surface area is 120 Å². The quantitative estimate of drug-likeness (QED) is 0.807. The molecule has 1 aromatic rings. The molecule has 1 rings (SSSR count). The zero-order valence-electron chi connectivity index (χ0n) is 12.6. The number of hydrogen-bond donors (Lipinski definition) is 2. The molecule has 0 aliphatic heterocycles. The van der Waals surface area contributed by atoms with Crippen LogP contribution in [0.25, 0.3) is 0 Å². The molecule has 2 N–H and O–H groups in total. The van der Waals surface area contributed by atoms with Crippen LogP contribution in [0.5, 0.6) is 0 Å². The summed E-state index contributed by atoms with van der Waals surface area (Å²) in [6, 6.07) is 4.06. The van der Waals surface area contributed by atoms with Crippen LogP contribution in [-0.2, 0) is 10.2 Å². The van der Waals surface area contributed by atoms with Gasteiger partial charge in [0.25, 0.3) is 0 Å². The van der Waals surface area contributed by atoms with Crippen molar-refractivity contribution in [3.63, 3.8) is 0 Å². The van der Waals surface area contributed by atoms with Gasteiger partial charge in [-0.15, -0.1) is 11.3 Å². The summed E-state index contributed by atoms with van der Waals surface area (Å²) in [7, 11) is 0. The molecule has 1 aromatic heterocycles. The summed E-state index contributed by atoms with van der Waals surface area (Å²) in [4.78, 5) is 13.2. The highest BCUT2D eigenvalue weighted by molar-refractivity contribution is 7.10. The number of rotatable bonds is 7. The minimum Gasteiger partial charge on any atom is -0.354 e. The Kier molecular flexibility index (Phi) is 6.01. The average molecular weight is 282 g/mol. The molecule has 1 unspecified atom stereocenters. The zero-order chi connectivity index (χ0) is 14.5. The maximum absolute atomic E-state index is 11.9. The fraction of sp³-hybridized carbons (Fsp3) is 0.667. The van der Waals surface area contributed by atoms with E-state index in [4.69, 9.17) is 0 Å². The summed E-state index contributed by atoms with van der Waals surface area (Å²) in [5.74, 6) is 0.564. The second-order valence-electron chi connectivity index (χ2n) is 6.10. The van der Waals surface area contributed by atoms with Gasteiger partial charge in [0.1, 0.15) is 0 Å². The fourth-order valence-electron chi connectivity index (χ4n) is 1.71. The van der Waals surface area contributed by atoms with Crippen LogP contribution in [0.15, 0.2) is 17.5 Å². The number of thiophene rings is 1. The third kappa shape index (κ3) is 5.33. The second kappa shape index (κ2) is 7.06. The van der Waals surface area contributed by atoms with E-state index in [0.717, 1.165) is 13.1 Å². The van der Waals surface area contributed by atoms with E-state index < -0.39 is 0 Å². The molecule has 0 saturated heterocycles. The van der Waals surface area contributed by atoms with Crippen LogP contribution in [0.4, 0.5) is 0 Å². The van der Waals surface area contributed by atoms with E-state index in [1.807, 2.05) is 6.92 Å². The number of nitrogens with one attached hydrogen (secondary N) is 2. The standard InChI is InChI=1S/C15H26N2OS/c1-11(2)9-16-14(18)12(3)17-10-15(4,5)13-7-6-8-19-13/h6-8,11-12,17H,9-10H2,1-5H3,(H,16,18). The Hall–Kier alpha value is -0.870. The van der Waals surface area contributed by atoms with Gasteiger partial charge in [-0.25, -0.2) is 0 Å². The van der Waals surface area contributed by atoms with Gasteiger partial charge in [-0.05, 0) is 24.3 Å². The maximum Gasteiger partial charge on any atom is 0.236 e. The van der Waals surface area contributed by atoms with Crippen LogP contribution in [-0.4, -0.2) is 25.0 Å². The number of amides is 1. The molecule has 1 atom stereocenters. The lowest BCUT2D eigenvalue weighted by Gasteiger charge is -2.26. The molecule has 0 fully saturated rings. The summed E-state index contributed by atoms with van der Waals surface area (Å²) >= 11 is 1.76. The predicted octanol–water partition coefficient (Wildman–Crippen LogP) is 2.78. The molecule has 0 bridgehead atoms. The first-order valence-electron chi connectivity index (χ1n) is 6.88. The van der Waals surface area contributed by atoms with Crippen molar-refractivity contribution >= 4 is 17.2 Å².